The van der Waals surface area contributed by atoms with E-state index in [-0.39, 0.29) is 12.2 Å². The highest BCUT2D eigenvalue weighted by Crippen LogP contribution is 2.31. The van der Waals surface area contributed by atoms with Gasteiger partial charge in [0.1, 0.15) is 11.7 Å². The smallest absolute Gasteiger partial charge is 0.410 e. The molecule has 0 radical (unpaired) electrons. The van der Waals surface area contributed by atoms with Crippen molar-refractivity contribution in [2.24, 2.45) is 5.92 Å². The number of amides is 1. The number of ether oxygens (including phenoxy) is 2. The Morgan fingerprint density at radius 2 is 2.00 bits per heavy atom. The molecule has 2 heterocycles. The van der Waals surface area contributed by atoms with Gasteiger partial charge in [0.05, 0.1) is 0 Å². The quantitative estimate of drug-likeness (QED) is 0.700. The lowest BCUT2D eigenvalue weighted by atomic mass is 9.85. The van der Waals surface area contributed by atoms with Gasteiger partial charge in [0.25, 0.3) is 0 Å². The van der Waals surface area contributed by atoms with Gasteiger partial charge in [0.2, 0.25) is 5.88 Å². The monoisotopic (exact) mass is 372 g/mol. The molecule has 3 rings (SSSR count). The summed E-state index contributed by atoms with van der Waals surface area (Å²) in [7, 11) is 0. The number of likely N-dealkylation sites (tertiary alicyclic amines) is 1. The Kier molecular flexibility index (Phi) is 6.40. The summed E-state index contributed by atoms with van der Waals surface area (Å²) in [6.07, 6.45) is 10.5. The molecule has 0 bridgehead atoms. The molecular formula is C22H32N2O3. The summed E-state index contributed by atoms with van der Waals surface area (Å²) in [5.74, 6) is 1.36. The molecule has 1 aliphatic heterocycles. The Balaban J connectivity index is 1.43. The van der Waals surface area contributed by atoms with Crippen LogP contribution in [0.1, 0.15) is 59.3 Å². The topological polar surface area (TPSA) is 51.7 Å². The lowest BCUT2D eigenvalue weighted by molar-refractivity contribution is 0.0183. The molecule has 27 heavy (non-hydrogen) atoms. The van der Waals surface area contributed by atoms with E-state index < -0.39 is 5.60 Å². The molecule has 1 amide bonds. The fraction of sp³-hybridized carbons (Fsp3) is 0.636. The summed E-state index contributed by atoms with van der Waals surface area (Å²) in [6.45, 7) is 7.32. The minimum Gasteiger partial charge on any atom is -0.474 e. The molecule has 148 valence electrons. The number of rotatable bonds is 4. The van der Waals surface area contributed by atoms with E-state index in [0.29, 0.717) is 5.92 Å². The van der Waals surface area contributed by atoms with Crippen molar-refractivity contribution in [1.29, 1.82) is 0 Å². The van der Waals surface area contributed by atoms with E-state index >= 15 is 0 Å². The van der Waals surface area contributed by atoms with Crippen molar-refractivity contribution in [3.8, 4) is 5.88 Å². The number of allylic oxidation sites excluding steroid dienone is 1. The largest absolute Gasteiger partial charge is 0.474 e. The first kappa shape index (κ1) is 19.7. The minimum atomic E-state index is -0.427. The minimum absolute atomic E-state index is 0.179. The molecule has 1 unspecified atom stereocenters. The fourth-order valence-corrected chi connectivity index (χ4v) is 3.82. The molecule has 0 saturated carbocycles. The van der Waals surface area contributed by atoms with Crippen molar-refractivity contribution in [2.45, 2.75) is 71.0 Å². The van der Waals surface area contributed by atoms with Gasteiger partial charge in [-0.2, -0.15) is 0 Å². The number of piperidine rings is 1. The summed E-state index contributed by atoms with van der Waals surface area (Å²) in [5.41, 5.74) is 1.07. The van der Waals surface area contributed by atoms with Crippen LogP contribution in [0.3, 0.4) is 0 Å². The van der Waals surface area contributed by atoms with Crippen LogP contribution in [0.2, 0.25) is 0 Å². The molecule has 0 N–H and O–H groups in total. The summed E-state index contributed by atoms with van der Waals surface area (Å²) in [6, 6.07) is 5.79. The average Bonchev–Trinajstić information content (AvgIpc) is 2.62. The maximum Gasteiger partial charge on any atom is 0.410 e. The van der Waals surface area contributed by atoms with Gasteiger partial charge in [-0.15, -0.1) is 0 Å². The van der Waals surface area contributed by atoms with E-state index in [4.69, 9.17) is 9.47 Å². The zero-order valence-corrected chi connectivity index (χ0v) is 16.8. The first-order valence-electron chi connectivity index (χ1n) is 10.1. The zero-order valence-electron chi connectivity index (χ0n) is 16.8. The number of aromatic nitrogens is 1. The van der Waals surface area contributed by atoms with Gasteiger partial charge in [-0.05, 0) is 64.9 Å². The van der Waals surface area contributed by atoms with Gasteiger partial charge in [-0.3, -0.25) is 0 Å². The maximum absolute atomic E-state index is 12.2. The molecule has 1 aromatic heterocycles. The Morgan fingerprint density at radius 3 is 2.67 bits per heavy atom. The normalized spacial score (nSPS) is 21.5. The predicted molar refractivity (Wildman–Crippen MR) is 106 cm³/mol. The lowest BCUT2D eigenvalue weighted by Crippen LogP contribution is -2.41. The van der Waals surface area contributed by atoms with Gasteiger partial charge < -0.3 is 14.4 Å². The van der Waals surface area contributed by atoms with E-state index in [2.05, 4.69) is 11.1 Å². The standard InChI is InChI=1S/C22H32N2O3/c1-22(2,3)27-21(25)24-13-10-17(11-14-24)15-18-7-6-8-19(16-18)26-20-9-4-5-12-23-20/h4-5,7,9,12,17,19H,6,8,10-11,13-16H2,1-3H3. The van der Waals surface area contributed by atoms with Crippen LogP contribution in [0.5, 0.6) is 5.88 Å². The molecule has 5 heteroatoms. The summed E-state index contributed by atoms with van der Waals surface area (Å²) >= 11 is 0. The summed E-state index contributed by atoms with van der Waals surface area (Å²) in [5, 5.41) is 0. The van der Waals surface area contributed by atoms with Crippen LogP contribution >= 0.6 is 0 Å². The first-order chi connectivity index (χ1) is 12.9. The van der Waals surface area contributed by atoms with E-state index in [1.807, 2.05) is 43.9 Å². The van der Waals surface area contributed by atoms with E-state index in [1.165, 1.54) is 5.57 Å². The van der Waals surface area contributed by atoms with Crippen molar-refractivity contribution < 1.29 is 14.3 Å². The molecule has 1 saturated heterocycles. The molecule has 1 fully saturated rings. The second-order valence-corrected chi connectivity index (χ2v) is 8.67. The van der Waals surface area contributed by atoms with Crippen molar-refractivity contribution >= 4 is 6.09 Å². The predicted octanol–water partition coefficient (Wildman–Crippen LogP) is 4.98. The Hall–Kier alpha value is -2.04. The van der Waals surface area contributed by atoms with Crippen LogP contribution in [0.4, 0.5) is 4.79 Å². The number of hydrogen-bond acceptors (Lipinski definition) is 4. The fourth-order valence-electron chi connectivity index (χ4n) is 3.82. The highest BCUT2D eigenvalue weighted by molar-refractivity contribution is 5.68. The molecule has 1 aliphatic carbocycles. The van der Waals surface area contributed by atoms with Crippen LogP contribution in [0.15, 0.2) is 36.0 Å². The van der Waals surface area contributed by atoms with Crippen LogP contribution in [-0.4, -0.2) is 40.8 Å². The van der Waals surface area contributed by atoms with Crippen molar-refractivity contribution in [3.63, 3.8) is 0 Å². The van der Waals surface area contributed by atoms with Crippen LogP contribution in [-0.2, 0) is 4.74 Å². The van der Waals surface area contributed by atoms with Crippen molar-refractivity contribution in [2.75, 3.05) is 13.1 Å². The van der Waals surface area contributed by atoms with Crippen LogP contribution in [0, 0.1) is 5.92 Å². The highest BCUT2D eigenvalue weighted by atomic mass is 16.6. The Labute approximate surface area is 162 Å². The molecule has 0 spiro atoms. The second kappa shape index (κ2) is 8.77. The van der Waals surface area contributed by atoms with Gasteiger partial charge in [0, 0.05) is 31.8 Å². The highest BCUT2D eigenvalue weighted by Gasteiger charge is 2.28. The second-order valence-electron chi connectivity index (χ2n) is 8.67. The average molecular weight is 373 g/mol. The summed E-state index contributed by atoms with van der Waals surface area (Å²) in [4.78, 5) is 18.3. The third kappa shape index (κ3) is 6.26. The number of pyridine rings is 1. The van der Waals surface area contributed by atoms with E-state index in [9.17, 15) is 4.79 Å². The number of carbonyl (C=O) groups excluding carboxylic acids is 1. The molecule has 0 aromatic carbocycles. The van der Waals surface area contributed by atoms with Gasteiger partial charge in [-0.1, -0.05) is 17.7 Å². The molecule has 1 aromatic rings. The van der Waals surface area contributed by atoms with Crippen molar-refractivity contribution in [3.05, 3.63) is 36.0 Å². The number of carbonyl (C=O) groups is 1. The maximum atomic E-state index is 12.2. The third-order valence-electron chi connectivity index (χ3n) is 5.15. The van der Waals surface area contributed by atoms with E-state index in [0.717, 1.165) is 57.5 Å². The van der Waals surface area contributed by atoms with E-state index in [1.54, 1.807) is 6.20 Å². The van der Waals surface area contributed by atoms with Crippen molar-refractivity contribution in [1.82, 2.24) is 9.88 Å². The van der Waals surface area contributed by atoms with Crippen LogP contribution in [0.25, 0.3) is 0 Å². The van der Waals surface area contributed by atoms with Gasteiger partial charge >= 0.3 is 6.09 Å². The number of nitrogens with zero attached hydrogens (tertiary/aromatic N) is 2. The summed E-state index contributed by atoms with van der Waals surface area (Å²) < 4.78 is 11.5. The zero-order chi connectivity index (χ0) is 19.3. The molecule has 1 atom stereocenters. The third-order valence-corrected chi connectivity index (χ3v) is 5.15. The molecule has 2 aliphatic rings. The van der Waals surface area contributed by atoms with Gasteiger partial charge in [0.15, 0.2) is 0 Å². The lowest BCUT2D eigenvalue weighted by Gasteiger charge is -2.34. The first-order valence-corrected chi connectivity index (χ1v) is 10.1. The molecule has 5 nitrogen and oxygen atoms in total. The Morgan fingerprint density at radius 1 is 1.22 bits per heavy atom. The SMILES string of the molecule is CC(C)(C)OC(=O)N1CCC(CC2=CCCC(Oc3ccccn3)C2)CC1. The van der Waals surface area contributed by atoms with Gasteiger partial charge in [-0.25, -0.2) is 9.78 Å². The molecular weight excluding hydrogens is 340 g/mol. The Bertz CT molecular complexity index is 643. The van der Waals surface area contributed by atoms with Crippen LogP contribution < -0.4 is 4.74 Å². The number of hydrogen-bond donors (Lipinski definition) is 0.